The van der Waals surface area contributed by atoms with Gasteiger partial charge in [0.05, 0.1) is 29.3 Å². The molecule has 2 atom stereocenters. The summed E-state index contributed by atoms with van der Waals surface area (Å²) in [7, 11) is 3.80. The highest BCUT2D eigenvalue weighted by molar-refractivity contribution is 6.09. The van der Waals surface area contributed by atoms with E-state index in [0.717, 1.165) is 79.7 Å². The summed E-state index contributed by atoms with van der Waals surface area (Å²) < 4.78 is 4.10. The van der Waals surface area contributed by atoms with Crippen LogP contribution in [0.3, 0.4) is 0 Å². The maximum absolute atomic E-state index is 11.7. The molecule has 10 heteroatoms. The summed E-state index contributed by atoms with van der Waals surface area (Å²) in [5.74, 6) is 0.495. The third-order valence-electron chi connectivity index (χ3n) is 9.67. The van der Waals surface area contributed by atoms with Crippen LogP contribution in [0, 0.1) is 5.92 Å². The van der Waals surface area contributed by atoms with E-state index in [4.69, 9.17) is 15.8 Å². The first kappa shape index (κ1) is 30.6. The summed E-state index contributed by atoms with van der Waals surface area (Å²) in [6, 6.07) is 8.83. The Balaban J connectivity index is 0.00000417. The monoisotopic (exact) mass is 609 g/mol. The molecule has 3 N–H and O–H groups in total. The van der Waals surface area contributed by atoms with Gasteiger partial charge in [0.25, 0.3) is 0 Å². The van der Waals surface area contributed by atoms with Crippen LogP contribution < -0.4 is 11.1 Å². The van der Waals surface area contributed by atoms with E-state index in [1.807, 2.05) is 22.8 Å². The van der Waals surface area contributed by atoms with Gasteiger partial charge in [-0.2, -0.15) is 10.2 Å². The molecule has 45 heavy (non-hydrogen) atoms. The Hall–Kier alpha value is -4.47. The number of aliphatic imine (C=N–C) groups is 2. The standard InChI is InChI=1S/C35H45N9O.H2/c1-23-12-15-35(3,40-29-21-39-44(22-29)30-13-16-43(17-14-30)24(2)45)38-20-27-10-11-31-33(32(23)27)34(42(5)41-31)26-8-6-25(7-9-26)28(18-36)19-37-4;/h6-9,18-23,30,40H,10-17,36H2,1-5H3;1H/b28-18+,37-19?,38-20-;. The second-order valence-corrected chi connectivity index (χ2v) is 12.9. The molecular formula is C35H47N9O. The number of piperidine rings is 1. The number of nitrogens with two attached hydrogens (primary N) is 1. The van der Waals surface area contributed by atoms with Crippen molar-refractivity contribution in [2.24, 2.45) is 28.7 Å². The number of benzene rings is 1. The zero-order valence-corrected chi connectivity index (χ0v) is 27.1. The lowest BCUT2D eigenvalue weighted by molar-refractivity contribution is -0.130. The van der Waals surface area contributed by atoms with E-state index in [-0.39, 0.29) is 7.33 Å². The molecule has 0 saturated carbocycles. The molecule has 4 heterocycles. The highest BCUT2D eigenvalue weighted by atomic mass is 16.2. The van der Waals surface area contributed by atoms with Gasteiger partial charge in [0.15, 0.2) is 0 Å². The average molecular weight is 610 g/mol. The zero-order chi connectivity index (χ0) is 31.7. The summed E-state index contributed by atoms with van der Waals surface area (Å²) in [4.78, 5) is 23.0. The van der Waals surface area contributed by atoms with E-state index >= 15 is 0 Å². The minimum Gasteiger partial charge on any atom is -0.404 e. The first-order chi connectivity index (χ1) is 21.7. The fourth-order valence-electron chi connectivity index (χ4n) is 7.17. The van der Waals surface area contributed by atoms with Crippen molar-refractivity contribution in [2.75, 3.05) is 25.5 Å². The van der Waals surface area contributed by atoms with E-state index < -0.39 is 5.66 Å². The quantitative estimate of drug-likeness (QED) is 0.346. The van der Waals surface area contributed by atoms with Crippen LogP contribution >= 0.6 is 0 Å². The Bertz CT molecular complexity index is 1690. The van der Waals surface area contributed by atoms with Gasteiger partial charge in [-0.05, 0) is 68.1 Å². The minimum absolute atomic E-state index is 0. The fraction of sp³-hybridized carbons (Fsp3) is 0.457. The smallest absolute Gasteiger partial charge is 0.219 e. The number of carbonyl (C=O) groups is 1. The topological polar surface area (TPSA) is 119 Å². The Labute approximate surface area is 267 Å². The van der Waals surface area contributed by atoms with Crippen molar-refractivity contribution in [1.29, 1.82) is 0 Å². The second-order valence-electron chi connectivity index (χ2n) is 12.9. The number of likely N-dealkylation sites (tertiary alicyclic amines) is 1. The maximum atomic E-state index is 11.7. The van der Waals surface area contributed by atoms with Gasteiger partial charge in [-0.3, -0.25) is 24.1 Å². The Morgan fingerprint density at radius 2 is 1.93 bits per heavy atom. The van der Waals surface area contributed by atoms with E-state index in [1.54, 1.807) is 26.4 Å². The molecule has 2 aliphatic heterocycles. The molecular weight excluding hydrogens is 562 g/mol. The fourth-order valence-corrected chi connectivity index (χ4v) is 7.17. The van der Waals surface area contributed by atoms with E-state index in [1.165, 1.54) is 22.4 Å². The van der Waals surface area contributed by atoms with Crippen LogP contribution in [0.2, 0.25) is 0 Å². The summed E-state index contributed by atoms with van der Waals surface area (Å²) >= 11 is 0. The van der Waals surface area contributed by atoms with Crippen molar-refractivity contribution >= 4 is 35.2 Å². The van der Waals surface area contributed by atoms with Crippen LogP contribution in [-0.2, 0) is 18.3 Å². The van der Waals surface area contributed by atoms with Crippen molar-refractivity contribution in [1.82, 2.24) is 24.5 Å². The number of anilines is 1. The summed E-state index contributed by atoms with van der Waals surface area (Å²) in [5, 5.41) is 13.4. The van der Waals surface area contributed by atoms with Gasteiger partial charge in [0, 0.05) is 77.1 Å². The summed E-state index contributed by atoms with van der Waals surface area (Å²) in [5.41, 5.74) is 15.7. The molecule has 1 fully saturated rings. The molecule has 0 radical (unpaired) electrons. The van der Waals surface area contributed by atoms with Gasteiger partial charge in [0.2, 0.25) is 5.91 Å². The Kier molecular flexibility index (Phi) is 8.48. The normalized spacial score (nSPS) is 23.4. The molecule has 1 saturated heterocycles. The van der Waals surface area contributed by atoms with Crippen LogP contribution in [-0.4, -0.2) is 68.6 Å². The number of rotatable bonds is 6. The van der Waals surface area contributed by atoms with Gasteiger partial charge in [0.1, 0.15) is 5.66 Å². The summed E-state index contributed by atoms with van der Waals surface area (Å²) in [6.45, 7) is 7.74. The van der Waals surface area contributed by atoms with Crippen LogP contribution in [0.5, 0.6) is 0 Å². The zero-order valence-electron chi connectivity index (χ0n) is 27.1. The van der Waals surface area contributed by atoms with Gasteiger partial charge in [-0.1, -0.05) is 31.2 Å². The predicted octanol–water partition coefficient (Wildman–Crippen LogP) is 5.74. The SMILES string of the molecule is CN=C/C(=C\N)c1ccc(-c2c3c(nn2C)CCC2=C3C(C)CCC(C)(Nc3cnn(C4CCN(C(C)=O)CC4)c3)/N=C\2)cc1.[HH]. The number of amides is 1. The van der Waals surface area contributed by atoms with Gasteiger partial charge < -0.3 is 16.0 Å². The number of allylic oxidation sites excluding steroid dienone is 3. The Morgan fingerprint density at radius 3 is 2.62 bits per heavy atom. The Morgan fingerprint density at radius 1 is 1.18 bits per heavy atom. The third kappa shape index (κ3) is 6.10. The van der Waals surface area contributed by atoms with Gasteiger partial charge in [-0.15, -0.1) is 0 Å². The molecule has 2 aromatic heterocycles. The molecule has 238 valence electrons. The van der Waals surface area contributed by atoms with E-state index in [2.05, 4.69) is 70.6 Å². The number of nitrogens with zero attached hydrogens (tertiary/aromatic N) is 7. The van der Waals surface area contributed by atoms with Gasteiger partial charge in [-0.25, -0.2) is 0 Å². The number of carbonyl (C=O) groups excluding carboxylic acids is 1. The average Bonchev–Trinajstić information content (AvgIpc) is 3.64. The first-order valence-electron chi connectivity index (χ1n) is 16.1. The number of aryl methyl sites for hydroxylation is 2. The number of hydrogen-bond donors (Lipinski definition) is 2. The molecule has 0 bridgehead atoms. The lowest BCUT2D eigenvalue weighted by Crippen LogP contribution is -2.37. The maximum Gasteiger partial charge on any atom is 0.219 e. The number of aromatic nitrogens is 4. The number of hydrogen-bond acceptors (Lipinski definition) is 7. The van der Waals surface area contributed by atoms with Crippen molar-refractivity contribution in [3.63, 3.8) is 0 Å². The molecule has 6 rings (SSSR count). The number of fused-ring (bicyclic) bond motifs is 2. The molecule has 0 spiro atoms. The van der Waals surface area contributed by atoms with Crippen LogP contribution in [0.4, 0.5) is 5.69 Å². The van der Waals surface area contributed by atoms with Crippen LogP contribution in [0.25, 0.3) is 22.4 Å². The molecule has 1 amide bonds. The van der Waals surface area contributed by atoms with E-state index in [0.29, 0.717) is 12.0 Å². The highest BCUT2D eigenvalue weighted by Crippen LogP contribution is 2.44. The third-order valence-corrected chi connectivity index (χ3v) is 9.67. The van der Waals surface area contributed by atoms with Gasteiger partial charge >= 0.3 is 0 Å². The predicted molar refractivity (Wildman–Crippen MR) is 184 cm³/mol. The van der Waals surface area contributed by atoms with Crippen LogP contribution in [0.15, 0.2) is 58.4 Å². The molecule has 2 unspecified atom stereocenters. The largest absolute Gasteiger partial charge is 0.404 e. The van der Waals surface area contributed by atoms with E-state index in [9.17, 15) is 4.79 Å². The highest BCUT2D eigenvalue weighted by Gasteiger charge is 2.34. The number of nitrogens with one attached hydrogen (secondary N) is 1. The first-order valence-corrected chi connectivity index (χ1v) is 16.1. The van der Waals surface area contributed by atoms with Crippen molar-refractivity contribution in [2.45, 2.75) is 71.0 Å². The molecule has 1 aliphatic carbocycles. The van der Waals surface area contributed by atoms with Crippen molar-refractivity contribution in [3.05, 3.63) is 65.3 Å². The summed E-state index contributed by atoms with van der Waals surface area (Å²) in [6.07, 6.45) is 15.0. The minimum atomic E-state index is -0.442. The molecule has 1 aromatic carbocycles. The molecule has 3 aromatic rings. The second kappa shape index (κ2) is 12.5. The lowest BCUT2D eigenvalue weighted by atomic mass is 9.78. The molecule has 3 aliphatic rings. The van der Waals surface area contributed by atoms with Crippen LogP contribution in [0.1, 0.15) is 77.2 Å². The molecule has 10 nitrogen and oxygen atoms in total. The lowest BCUT2D eigenvalue weighted by Gasteiger charge is -2.33. The van der Waals surface area contributed by atoms with Crippen molar-refractivity contribution in [3.8, 4) is 11.3 Å². The van der Waals surface area contributed by atoms with Crippen molar-refractivity contribution < 1.29 is 6.22 Å².